The van der Waals surface area contributed by atoms with Crippen molar-refractivity contribution in [2.45, 2.75) is 25.3 Å². The third-order valence-electron chi connectivity index (χ3n) is 4.79. The van der Waals surface area contributed by atoms with Crippen molar-refractivity contribution >= 4 is 30.7 Å². The van der Waals surface area contributed by atoms with E-state index in [4.69, 9.17) is 15.9 Å². The molecule has 2 unspecified atom stereocenters. The normalized spacial score (nSPS) is 22.6. The summed E-state index contributed by atoms with van der Waals surface area (Å²) in [6.45, 7) is 6.31. The van der Waals surface area contributed by atoms with Gasteiger partial charge in [-0.05, 0) is 19.7 Å². The van der Waals surface area contributed by atoms with Crippen molar-refractivity contribution in [2.75, 3.05) is 24.5 Å². The molecule has 12 heteroatoms. The molecule has 0 aliphatic carbocycles. The van der Waals surface area contributed by atoms with Crippen LogP contribution in [0, 0.1) is 5.41 Å². The highest BCUT2D eigenvalue weighted by atomic mass is 19.4. The zero-order valence-electron chi connectivity index (χ0n) is 17.3. The van der Waals surface area contributed by atoms with Crippen molar-refractivity contribution < 1.29 is 17.9 Å². The molecule has 170 valence electrons. The topological polar surface area (TPSA) is 116 Å². The van der Waals surface area contributed by atoms with Gasteiger partial charge in [-0.15, -0.1) is 0 Å². The lowest BCUT2D eigenvalue weighted by Gasteiger charge is -2.38. The molecule has 0 radical (unpaired) electrons. The van der Waals surface area contributed by atoms with Crippen LogP contribution in [-0.2, 0) is 4.74 Å². The van der Waals surface area contributed by atoms with Gasteiger partial charge in [0.25, 0.3) is 0 Å². The largest absolute Gasteiger partial charge is 0.434 e. The fraction of sp³-hybridized carbons (Fsp3) is 0.350. The third kappa shape index (κ3) is 5.19. The van der Waals surface area contributed by atoms with Gasteiger partial charge in [0, 0.05) is 43.1 Å². The molecule has 0 spiro atoms. The average molecular weight is 448 g/mol. The molecule has 1 fully saturated rings. The number of allylic oxidation sites excluding steroid dienone is 1. The number of alkyl halides is 3. The van der Waals surface area contributed by atoms with Crippen molar-refractivity contribution in [3.63, 3.8) is 0 Å². The van der Waals surface area contributed by atoms with Crippen LogP contribution in [0.3, 0.4) is 0 Å². The van der Waals surface area contributed by atoms with Gasteiger partial charge in [0.1, 0.15) is 17.6 Å². The SMILES string of the molecule is C=N/C=C(/c1nccc(N2CC(C)OC(/C(C=N)=C/N)C2)n1)N1C=C(C(F)(F)F)N=CC1. The van der Waals surface area contributed by atoms with Gasteiger partial charge in [0.15, 0.2) is 11.5 Å². The number of rotatable bonds is 6. The summed E-state index contributed by atoms with van der Waals surface area (Å²) in [5.74, 6) is 0.734. The van der Waals surface area contributed by atoms with Crippen molar-refractivity contribution in [1.82, 2.24) is 14.9 Å². The van der Waals surface area contributed by atoms with Gasteiger partial charge in [-0.1, -0.05) is 0 Å². The highest BCUT2D eigenvalue weighted by Crippen LogP contribution is 2.30. The first-order valence-electron chi connectivity index (χ1n) is 9.67. The molecule has 0 bridgehead atoms. The number of hydrogen-bond donors (Lipinski definition) is 2. The van der Waals surface area contributed by atoms with E-state index in [0.29, 0.717) is 24.5 Å². The van der Waals surface area contributed by atoms with E-state index in [1.807, 2.05) is 11.8 Å². The number of nitrogens with one attached hydrogen (secondary N) is 1. The van der Waals surface area contributed by atoms with Crippen LogP contribution in [0.15, 0.2) is 52.1 Å². The summed E-state index contributed by atoms with van der Waals surface area (Å²) in [5, 5.41) is 7.52. The quantitative estimate of drug-likeness (QED) is 0.646. The molecule has 0 amide bonds. The van der Waals surface area contributed by atoms with Crippen molar-refractivity contribution in [2.24, 2.45) is 15.7 Å². The first kappa shape index (κ1) is 23.1. The average Bonchev–Trinajstić information content (AvgIpc) is 2.77. The Balaban J connectivity index is 1.92. The summed E-state index contributed by atoms with van der Waals surface area (Å²) >= 11 is 0. The number of morpholine rings is 1. The molecule has 32 heavy (non-hydrogen) atoms. The Bertz CT molecular complexity index is 985. The van der Waals surface area contributed by atoms with Gasteiger partial charge in [-0.25, -0.2) is 9.97 Å². The van der Waals surface area contributed by atoms with E-state index >= 15 is 0 Å². The Morgan fingerprint density at radius 1 is 1.41 bits per heavy atom. The molecule has 2 atom stereocenters. The number of aromatic nitrogens is 2. The summed E-state index contributed by atoms with van der Waals surface area (Å²) < 4.78 is 45.3. The van der Waals surface area contributed by atoms with Gasteiger partial charge in [0.2, 0.25) is 0 Å². The fourth-order valence-corrected chi connectivity index (χ4v) is 3.34. The Morgan fingerprint density at radius 3 is 2.84 bits per heavy atom. The Labute approximate surface area is 183 Å². The second-order valence-electron chi connectivity index (χ2n) is 7.06. The lowest BCUT2D eigenvalue weighted by atomic mass is 10.1. The van der Waals surface area contributed by atoms with Crippen molar-refractivity contribution in [3.05, 3.63) is 48.0 Å². The smallest absolute Gasteiger partial charge is 0.404 e. The number of anilines is 1. The molecule has 3 rings (SSSR count). The van der Waals surface area contributed by atoms with E-state index in [1.54, 1.807) is 6.07 Å². The Kier molecular flexibility index (Phi) is 7.03. The summed E-state index contributed by atoms with van der Waals surface area (Å²) in [6.07, 6.45) is 2.18. The standard InChI is InChI=1S/C20H23F3N8O/c1-13-10-31(11-16(32-13)14(7-24)8-25)18-3-4-28-19(29-18)15(9-26-2)30-6-5-27-17(12-30)20(21,22)23/h3-5,7-9,12-13,16,24H,2,6,10-11,25H2,1H3/b14-8+,15-9-,24-7?. The van der Waals surface area contributed by atoms with E-state index in [0.717, 1.165) is 18.6 Å². The molecule has 0 aromatic carbocycles. The highest BCUT2D eigenvalue weighted by molar-refractivity contribution is 5.77. The van der Waals surface area contributed by atoms with Crippen molar-refractivity contribution in [3.8, 4) is 0 Å². The van der Waals surface area contributed by atoms with Crippen LogP contribution in [0.5, 0.6) is 0 Å². The van der Waals surface area contributed by atoms with E-state index in [9.17, 15) is 13.2 Å². The molecule has 1 saturated heterocycles. The van der Waals surface area contributed by atoms with Gasteiger partial charge in [0.05, 0.1) is 25.4 Å². The molecule has 9 nitrogen and oxygen atoms in total. The van der Waals surface area contributed by atoms with E-state index < -0.39 is 18.0 Å². The first-order valence-corrected chi connectivity index (χ1v) is 9.67. The van der Waals surface area contributed by atoms with Gasteiger partial charge in [-0.2, -0.15) is 13.2 Å². The molecular formula is C20H23F3N8O. The van der Waals surface area contributed by atoms with Crippen LogP contribution in [0.25, 0.3) is 5.70 Å². The zero-order valence-corrected chi connectivity index (χ0v) is 17.3. The summed E-state index contributed by atoms with van der Waals surface area (Å²) in [4.78, 5) is 19.2. The number of hydrogen-bond acceptors (Lipinski definition) is 9. The van der Waals surface area contributed by atoms with Crippen LogP contribution >= 0.6 is 0 Å². The van der Waals surface area contributed by atoms with Gasteiger partial charge in [-0.3, -0.25) is 9.98 Å². The minimum Gasteiger partial charge on any atom is -0.404 e. The Morgan fingerprint density at radius 2 is 2.19 bits per heavy atom. The molecule has 0 saturated carbocycles. The van der Waals surface area contributed by atoms with Gasteiger partial charge < -0.3 is 25.7 Å². The number of ether oxygens (including phenoxy) is 1. The second-order valence-corrected chi connectivity index (χ2v) is 7.06. The first-order chi connectivity index (χ1) is 15.3. The zero-order chi connectivity index (χ0) is 23.3. The van der Waals surface area contributed by atoms with Crippen LogP contribution in [0.2, 0.25) is 0 Å². The maximum atomic E-state index is 13.1. The predicted molar refractivity (Wildman–Crippen MR) is 116 cm³/mol. The fourth-order valence-electron chi connectivity index (χ4n) is 3.34. The monoisotopic (exact) mass is 448 g/mol. The molecule has 3 N–H and O–H groups in total. The Hall–Kier alpha value is -3.54. The van der Waals surface area contributed by atoms with Crippen molar-refractivity contribution in [1.29, 1.82) is 5.41 Å². The number of halogens is 3. The number of aliphatic imine (C=N–C) groups is 2. The molecular weight excluding hydrogens is 425 g/mol. The van der Waals surface area contributed by atoms with E-state index in [2.05, 4.69) is 26.7 Å². The molecule has 2 aliphatic rings. The van der Waals surface area contributed by atoms with Crippen LogP contribution in [-0.4, -0.2) is 72.0 Å². The maximum Gasteiger partial charge on any atom is 0.434 e. The van der Waals surface area contributed by atoms with Crippen LogP contribution in [0.4, 0.5) is 19.0 Å². The second kappa shape index (κ2) is 9.73. The van der Waals surface area contributed by atoms with E-state index in [-0.39, 0.29) is 24.2 Å². The third-order valence-corrected chi connectivity index (χ3v) is 4.79. The van der Waals surface area contributed by atoms with E-state index in [1.165, 1.54) is 23.5 Å². The summed E-state index contributed by atoms with van der Waals surface area (Å²) in [7, 11) is 0. The summed E-state index contributed by atoms with van der Waals surface area (Å²) in [5.41, 5.74) is 5.34. The number of nitrogens with zero attached hydrogens (tertiary/aromatic N) is 6. The molecule has 2 aliphatic heterocycles. The predicted octanol–water partition coefficient (Wildman–Crippen LogP) is 2.35. The maximum absolute atomic E-state index is 13.1. The van der Waals surface area contributed by atoms with Crippen LogP contribution < -0.4 is 10.6 Å². The lowest BCUT2D eigenvalue weighted by molar-refractivity contribution is -0.0934. The summed E-state index contributed by atoms with van der Waals surface area (Å²) in [6, 6.07) is 1.70. The highest BCUT2D eigenvalue weighted by Gasteiger charge is 2.36. The van der Waals surface area contributed by atoms with Gasteiger partial charge >= 0.3 is 6.18 Å². The minimum atomic E-state index is -4.59. The molecule has 1 aromatic rings. The number of nitrogens with two attached hydrogens (primary N) is 1. The molecule has 1 aromatic heterocycles. The molecule has 3 heterocycles. The van der Waals surface area contributed by atoms with Crippen LogP contribution in [0.1, 0.15) is 12.7 Å². The lowest BCUT2D eigenvalue weighted by Crippen LogP contribution is -2.48. The minimum absolute atomic E-state index is 0.0924.